The largest absolute Gasteiger partial charge is 0.350 e. The third-order valence-corrected chi connectivity index (χ3v) is 3.45. The molecule has 128 valence electrons. The van der Waals surface area contributed by atoms with Gasteiger partial charge in [0.1, 0.15) is 11.2 Å². The smallest absolute Gasteiger partial charge is 0.219 e. The topological polar surface area (TPSA) is 60.8 Å². The highest BCUT2D eigenvalue weighted by atomic mass is 35.5. The Hall–Kier alpha value is -2.11. The summed E-state index contributed by atoms with van der Waals surface area (Å²) in [6.45, 7) is 6.02. The first-order valence-corrected chi connectivity index (χ1v) is 8.09. The quantitative estimate of drug-likeness (QED) is 0.383. The molecule has 5 nitrogen and oxygen atoms in total. The number of aromatic nitrogens is 1. The zero-order valence-electron chi connectivity index (χ0n) is 14.4. The lowest BCUT2D eigenvalue weighted by Gasteiger charge is -2.27. The number of hydroxylamine groups is 2. The fraction of sp³-hybridized carbons (Fsp3) is 0.333. The highest BCUT2D eigenvalue weighted by Gasteiger charge is 2.19. The normalized spacial score (nSPS) is 13.5. The van der Waals surface area contributed by atoms with Crippen LogP contribution in [0.2, 0.25) is 5.15 Å². The molecule has 0 aliphatic heterocycles. The maximum Gasteiger partial charge on any atom is 0.219 e. The van der Waals surface area contributed by atoms with Gasteiger partial charge in [-0.05, 0) is 38.0 Å². The summed E-state index contributed by atoms with van der Waals surface area (Å²) in [6.07, 6.45) is 1.70. The van der Waals surface area contributed by atoms with Crippen molar-refractivity contribution in [1.82, 2.24) is 15.4 Å². The molecule has 1 heterocycles. The van der Waals surface area contributed by atoms with E-state index in [4.69, 9.17) is 16.6 Å². The number of hydrogen-bond donors (Lipinski definition) is 2. The first-order valence-electron chi connectivity index (χ1n) is 7.71. The molecule has 1 unspecified atom stereocenters. The summed E-state index contributed by atoms with van der Waals surface area (Å²) >= 11 is 5.90. The van der Waals surface area contributed by atoms with E-state index in [1.165, 1.54) is 0 Å². The Morgan fingerprint density at radius 3 is 2.33 bits per heavy atom. The molecule has 0 aliphatic rings. The van der Waals surface area contributed by atoms with Gasteiger partial charge in [-0.3, -0.25) is 5.21 Å². The van der Waals surface area contributed by atoms with Crippen molar-refractivity contribution in [2.24, 2.45) is 4.99 Å². The molecule has 2 N–H and O–H groups in total. The predicted molar refractivity (Wildman–Crippen MR) is 97.4 cm³/mol. The zero-order valence-corrected chi connectivity index (χ0v) is 15.1. The van der Waals surface area contributed by atoms with Crippen LogP contribution in [0.15, 0.2) is 53.7 Å². The van der Waals surface area contributed by atoms with Crippen LogP contribution in [0.25, 0.3) is 0 Å². The van der Waals surface area contributed by atoms with E-state index in [0.29, 0.717) is 11.1 Å². The first-order chi connectivity index (χ1) is 11.3. The predicted octanol–water partition coefficient (Wildman–Crippen LogP) is 3.89. The summed E-state index contributed by atoms with van der Waals surface area (Å²) in [6, 6.07) is 13.2. The van der Waals surface area contributed by atoms with E-state index >= 15 is 0 Å². The monoisotopic (exact) mass is 346 g/mol. The molecule has 0 spiro atoms. The summed E-state index contributed by atoms with van der Waals surface area (Å²) in [4.78, 5) is 8.88. The van der Waals surface area contributed by atoms with Gasteiger partial charge in [0.2, 0.25) is 5.96 Å². The summed E-state index contributed by atoms with van der Waals surface area (Å²) in [5.74, 6) is 0.381. The molecule has 0 radical (unpaired) electrons. The number of nitrogens with zero attached hydrogens (tertiary/aromatic N) is 3. The third-order valence-electron chi connectivity index (χ3n) is 3.23. The summed E-state index contributed by atoms with van der Waals surface area (Å²) in [5.41, 5.74) is 1.65. The number of halogens is 1. The van der Waals surface area contributed by atoms with Gasteiger partial charge in [0, 0.05) is 18.8 Å². The van der Waals surface area contributed by atoms with Gasteiger partial charge in [-0.25, -0.2) is 15.0 Å². The molecule has 2 aromatic rings. The number of nitrogens with one attached hydrogen (secondary N) is 1. The van der Waals surface area contributed by atoms with E-state index in [2.05, 4.69) is 10.3 Å². The van der Waals surface area contributed by atoms with E-state index in [9.17, 15) is 5.21 Å². The maximum atomic E-state index is 9.97. The highest BCUT2D eigenvalue weighted by Crippen LogP contribution is 2.26. The Morgan fingerprint density at radius 2 is 1.83 bits per heavy atom. The highest BCUT2D eigenvalue weighted by molar-refractivity contribution is 6.29. The lowest BCUT2D eigenvalue weighted by atomic mass is 10.0. The molecule has 24 heavy (non-hydrogen) atoms. The lowest BCUT2D eigenvalue weighted by Crippen LogP contribution is -2.47. The van der Waals surface area contributed by atoms with E-state index in [1.807, 2.05) is 57.2 Å². The molecule has 2 rings (SSSR count). The average Bonchev–Trinajstić information content (AvgIpc) is 2.52. The number of aliphatic imine (C=N–C) groups is 1. The number of benzene rings is 1. The second kappa shape index (κ2) is 7.64. The van der Waals surface area contributed by atoms with Gasteiger partial charge in [0.25, 0.3) is 0 Å². The van der Waals surface area contributed by atoms with E-state index < -0.39 is 0 Å². The first kappa shape index (κ1) is 18.2. The van der Waals surface area contributed by atoms with Crippen molar-refractivity contribution in [1.29, 1.82) is 0 Å². The molecule has 1 aromatic carbocycles. The van der Waals surface area contributed by atoms with Gasteiger partial charge >= 0.3 is 0 Å². The minimum Gasteiger partial charge on any atom is -0.350 e. The molecular formula is C18H23ClN4O. The van der Waals surface area contributed by atoms with Gasteiger partial charge < -0.3 is 5.32 Å². The molecule has 1 aromatic heterocycles. The van der Waals surface area contributed by atoms with Crippen LogP contribution < -0.4 is 5.32 Å². The standard InChI is InChI=1S/C18H23ClN4O/c1-18(2,3)22-17(23(4)24)21-16(13-8-6-5-7-9-13)14-10-11-15(19)20-12-14/h5-12,16,24H,1-4H3,(H,21,22). The fourth-order valence-corrected chi connectivity index (χ4v) is 2.29. The molecule has 0 fully saturated rings. The van der Waals surface area contributed by atoms with E-state index in [1.54, 1.807) is 19.3 Å². The molecule has 1 atom stereocenters. The molecule has 0 amide bonds. The van der Waals surface area contributed by atoms with Gasteiger partial charge in [-0.2, -0.15) is 0 Å². The summed E-state index contributed by atoms with van der Waals surface area (Å²) in [5, 5.41) is 14.6. The summed E-state index contributed by atoms with van der Waals surface area (Å²) in [7, 11) is 1.54. The van der Waals surface area contributed by atoms with Crippen molar-refractivity contribution < 1.29 is 5.21 Å². The van der Waals surface area contributed by atoms with E-state index in [-0.39, 0.29) is 11.6 Å². The van der Waals surface area contributed by atoms with Crippen molar-refractivity contribution in [3.63, 3.8) is 0 Å². The van der Waals surface area contributed by atoms with Crippen LogP contribution in [0.5, 0.6) is 0 Å². The van der Waals surface area contributed by atoms with Crippen LogP contribution >= 0.6 is 11.6 Å². The Balaban J connectivity index is 2.48. The van der Waals surface area contributed by atoms with Crippen LogP contribution in [0.4, 0.5) is 0 Å². The van der Waals surface area contributed by atoms with Crippen LogP contribution in [0, 0.1) is 0 Å². The number of pyridine rings is 1. The molecule has 0 saturated heterocycles. The zero-order chi connectivity index (χ0) is 17.7. The number of hydrogen-bond acceptors (Lipinski definition) is 3. The van der Waals surface area contributed by atoms with Gasteiger partial charge in [-0.1, -0.05) is 48.0 Å². The van der Waals surface area contributed by atoms with Crippen molar-refractivity contribution in [2.45, 2.75) is 32.4 Å². The fourth-order valence-electron chi connectivity index (χ4n) is 2.18. The minimum atomic E-state index is -0.310. The van der Waals surface area contributed by atoms with Crippen LogP contribution in [-0.4, -0.2) is 33.8 Å². The Morgan fingerprint density at radius 1 is 1.17 bits per heavy atom. The Labute approximate surface area is 148 Å². The number of rotatable bonds is 3. The molecule has 0 aliphatic carbocycles. The maximum absolute atomic E-state index is 9.97. The van der Waals surface area contributed by atoms with Crippen molar-refractivity contribution in [3.05, 3.63) is 64.9 Å². The van der Waals surface area contributed by atoms with Crippen LogP contribution in [0.1, 0.15) is 37.9 Å². The molecule has 0 bridgehead atoms. The Kier molecular flexibility index (Phi) is 5.80. The second-order valence-corrected chi connectivity index (χ2v) is 6.97. The molecular weight excluding hydrogens is 324 g/mol. The van der Waals surface area contributed by atoms with E-state index in [0.717, 1.165) is 16.2 Å². The van der Waals surface area contributed by atoms with Crippen molar-refractivity contribution in [2.75, 3.05) is 7.05 Å². The van der Waals surface area contributed by atoms with Gasteiger partial charge in [-0.15, -0.1) is 0 Å². The second-order valence-electron chi connectivity index (χ2n) is 6.58. The van der Waals surface area contributed by atoms with Crippen molar-refractivity contribution >= 4 is 17.6 Å². The van der Waals surface area contributed by atoms with Crippen LogP contribution in [-0.2, 0) is 0 Å². The van der Waals surface area contributed by atoms with Crippen LogP contribution in [0.3, 0.4) is 0 Å². The lowest BCUT2D eigenvalue weighted by molar-refractivity contribution is 0.00684. The number of guanidine groups is 1. The SMILES string of the molecule is CN(O)C(=NC(c1ccccc1)c1ccc(Cl)nc1)NC(C)(C)C. The van der Waals surface area contributed by atoms with Crippen molar-refractivity contribution in [3.8, 4) is 0 Å². The minimum absolute atomic E-state index is 0.241. The Bertz CT molecular complexity index is 678. The van der Waals surface area contributed by atoms with Gasteiger partial charge in [0.15, 0.2) is 0 Å². The average molecular weight is 347 g/mol. The molecule has 0 saturated carbocycles. The third kappa shape index (κ3) is 5.22. The summed E-state index contributed by atoms with van der Waals surface area (Å²) < 4.78 is 0. The van der Waals surface area contributed by atoms with Gasteiger partial charge in [0.05, 0.1) is 0 Å². The molecule has 6 heteroatoms.